The standard InChI is InChI=1S/C11H15BrFNO/c1-8(15-2)6-14-7-9-3-4-10(12)11(13)5-9/h3-5,8,14H,6-7H2,1-2H3. The van der Waals surface area contributed by atoms with E-state index in [2.05, 4.69) is 21.2 Å². The molecule has 0 fully saturated rings. The number of benzene rings is 1. The van der Waals surface area contributed by atoms with E-state index in [0.717, 1.165) is 12.1 Å². The number of methoxy groups -OCH3 is 1. The second-order valence-electron chi connectivity index (χ2n) is 3.43. The van der Waals surface area contributed by atoms with E-state index in [1.807, 2.05) is 13.0 Å². The Bertz CT molecular complexity index is 319. The molecular weight excluding hydrogens is 261 g/mol. The third-order valence-electron chi connectivity index (χ3n) is 2.15. The molecule has 0 spiro atoms. The highest BCUT2D eigenvalue weighted by Gasteiger charge is 2.01. The van der Waals surface area contributed by atoms with Gasteiger partial charge >= 0.3 is 0 Å². The van der Waals surface area contributed by atoms with Crippen molar-refractivity contribution in [1.29, 1.82) is 0 Å². The first kappa shape index (κ1) is 12.6. The molecule has 0 amide bonds. The molecule has 1 N–H and O–H groups in total. The molecule has 0 aliphatic carbocycles. The Kier molecular flexibility index (Phi) is 5.22. The zero-order valence-electron chi connectivity index (χ0n) is 8.89. The normalized spacial score (nSPS) is 12.8. The van der Waals surface area contributed by atoms with Crippen molar-refractivity contribution in [2.45, 2.75) is 19.6 Å². The van der Waals surface area contributed by atoms with Crippen LogP contribution in [-0.2, 0) is 11.3 Å². The number of rotatable bonds is 5. The molecule has 0 aliphatic heterocycles. The van der Waals surface area contributed by atoms with Crippen molar-refractivity contribution >= 4 is 15.9 Å². The van der Waals surface area contributed by atoms with Crippen LogP contribution in [-0.4, -0.2) is 19.8 Å². The fourth-order valence-electron chi connectivity index (χ4n) is 1.15. The first-order valence-corrected chi connectivity index (χ1v) is 5.60. The fraction of sp³-hybridized carbons (Fsp3) is 0.455. The van der Waals surface area contributed by atoms with Gasteiger partial charge in [0, 0.05) is 20.2 Å². The second kappa shape index (κ2) is 6.20. The maximum atomic E-state index is 13.1. The summed E-state index contributed by atoms with van der Waals surface area (Å²) in [6, 6.07) is 5.12. The topological polar surface area (TPSA) is 21.3 Å². The highest BCUT2D eigenvalue weighted by Crippen LogP contribution is 2.16. The third kappa shape index (κ3) is 4.28. The summed E-state index contributed by atoms with van der Waals surface area (Å²) < 4.78 is 18.7. The fourth-order valence-corrected chi connectivity index (χ4v) is 1.40. The van der Waals surface area contributed by atoms with Crippen LogP contribution in [0.3, 0.4) is 0 Å². The van der Waals surface area contributed by atoms with Gasteiger partial charge in [-0.25, -0.2) is 4.39 Å². The summed E-state index contributed by atoms with van der Waals surface area (Å²) in [5, 5.41) is 3.19. The Balaban J connectivity index is 2.41. The minimum atomic E-state index is -0.228. The molecule has 0 heterocycles. The lowest BCUT2D eigenvalue weighted by atomic mass is 10.2. The summed E-state index contributed by atoms with van der Waals surface area (Å²) in [4.78, 5) is 0. The quantitative estimate of drug-likeness (QED) is 0.892. The van der Waals surface area contributed by atoms with E-state index >= 15 is 0 Å². The van der Waals surface area contributed by atoms with E-state index in [0.29, 0.717) is 11.0 Å². The lowest BCUT2D eigenvalue weighted by Gasteiger charge is -2.10. The first-order chi connectivity index (χ1) is 7.13. The summed E-state index contributed by atoms with van der Waals surface area (Å²) in [5.74, 6) is -0.228. The summed E-state index contributed by atoms with van der Waals surface area (Å²) in [6.45, 7) is 3.39. The SMILES string of the molecule is COC(C)CNCc1ccc(Br)c(F)c1. The molecule has 1 rings (SSSR count). The van der Waals surface area contributed by atoms with Crippen molar-refractivity contribution in [2.75, 3.05) is 13.7 Å². The maximum absolute atomic E-state index is 13.1. The van der Waals surface area contributed by atoms with E-state index < -0.39 is 0 Å². The number of nitrogens with one attached hydrogen (secondary N) is 1. The lowest BCUT2D eigenvalue weighted by molar-refractivity contribution is 0.117. The molecule has 1 atom stereocenters. The van der Waals surface area contributed by atoms with Crippen molar-refractivity contribution < 1.29 is 9.13 Å². The van der Waals surface area contributed by atoms with Crippen LogP contribution in [0.5, 0.6) is 0 Å². The van der Waals surface area contributed by atoms with Gasteiger partial charge in [0.2, 0.25) is 0 Å². The van der Waals surface area contributed by atoms with Crippen LogP contribution in [0.2, 0.25) is 0 Å². The van der Waals surface area contributed by atoms with Crippen LogP contribution in [0.25, 0.3) is 0 Å². The number of ether oxygens (including phenoxy) is 1. The van der Waals surface area contributed by atoms with Crippen LogP contribution in [0.15, 0.2) is 22.7 Å². The van der Waals surface area contributed by atoms with Gasteiger partial charge in [0.15, 0.2) is 0 Å². The van der Waals surface area contributed by atoms with E-state index in [4.69, 9.17) is 4.74 Å². The molecule has 0 radical (unpaired) electrons. The average Bonchev–Trinajstić information content (AvgIpc) is 2.23. The van der Waals surface area contributed by atoms with Gasteiger partial charge in [0.1, 0.15) is 5.82 Å². The highest BCUT2D eigenvalue weighted by molar-refractivity contribution is 9.10. The molecule has 1 unspecified atom stereocenters. The molecule has 84 valence electrons. The van der Waals surface area contributed by atoms with Crippen LogP contribution in [0.1, 0.15) is 12.5 Å². The maximum Gasteiger partial charge on any atom is 0.137 e. The van der Waals surface area contributed by atoms with Crippen molar-refractivity contribution in [3.8, 4) is 0 Å². The minimum Gasteiger partial charge on any atom is -0.380 e. The Morgan fingerprint density at radius 3 is 2.87 bits per heavy atom. The van der Waals surface area contributed by atoms with Crippen molar-refractivity contribution in [3.63, 3.8) is 0 Å². The Morgan fingerprint density at radius 2 is 2.27 bits per heavy atom. The molecule has 0 bridgehead atoms. The van der Waals surface area contributed by atoms with Crippen molar-refractivity contribution in [1.82, 2.24) is 5.32 Å². The minimum absolute atomic E-state index is 0.172. The largest absolute Gasteiger partial charge is 0.380 e. The van der Waals surface area contributed by atoms with Gasteiger partial charge in [-0.05, 0) is 40.5 Å². The van der Waals surface area contributed by atoms with Gasteiger partial charge in [-0.3, -0.25) is 0 Å². The monoisotopic (exact) mass is 275 g/mol. The molecule has 4 heteroatoms. The molecule has 0 saturated heterocycles. The van der Waals surface area contributed by atoms with Crippen molar-refractivity contribution in [3.05, 3.63) is 34.1 Å². The lowest BCUT2D eigenvalue weighted by Crippen LogP contribution is -2.25. The average molecular weight is 276 g/mol. The highest BCUT2D eigenvalue weighted by atomic mass is 79.9. The number of halogens is 2. The Morgan fingerprint density at radius 1 is 1.53 bits per heavy atom. The molecule has 0 aliphatic rings. The predicted octanol–water partition coefficient (Wildman–Crippen LogP) is 2.71. The third-order valence-corrected chi connectivity index (χ3v) is 2.79. The van der Waals surface area contributed by atoms with Gasteiger partial charge in [0.05, 0.1) is 10.6 Å². The molecule has 0 aromatic heterocycles. The molecule has 0 saturated carbocycles. The number of hydrogen-bond donors (Lipinski definition) is 1. The van der Waals surface area contributed by atoms with Crippen LogP contribution < -0.4 is 5.32 Å². The predicted molar refractivity (Wildman–Crippen MR) is 62.3 cm³/mol. The summed E-state index contributed by atoms with van der Waals surface area (Å²) in [7, 11) is 1.67. The zero-order chi connectivity index (χ0) is 11.3. The summed E-state index contributed by atoms with van der Waals surface area (Å²) in [6.07, 6.45) is 0.172. The zero-order valence-corrected chi connectivity index (χ0v) is 10.5. The van der Waals surface area contributed by atoms with E-state index in [9.17, 15) is 4.39 Å². The van der Waals surface area contributed by atoms with Gasteiger partial charge in [-0.2, -0.15) is 0 Å². The van der Waals surface area contributed by atoms with E-state index in [1.165, 1.54) is 6.07 Å². The van der Waals surface area contributed by atoms with Gasteiger partial charge < -0.3 is 10.1 Å². The molecule has 1 aromatic rings. The smallest absolute Gasteiger partial charge is 0.137 e. The Labute approximate surface area is 98.0 Å². The second-order valence-corrected chi connectivity index (χ2v) is 4.28. The van der Waals surface area contributed by atoms with Gasteiger partial charge in [0.25, 0.3) is 0 Å². The van der Waals surface area contributed by atoms with Crippen LogP contribution in [0.4, 0.5) is 4.39 Å². The van der Waals surface area contributed by atoms with E-state index in [-0.39, 0.29) is 11.9 Å². The van der Waals surface area contributed by atoms with Gasteiger partial charge in [-0.15, -0.1) is 0 Å². The number of hydrogen-bond acceptors (Lipinski definition) is 2. The molecular formula is C11H15BrFNO. The van der Waals surface area contributed by atoms with E-state index in [1.54, 1.807) is 13.2 Å². The molecule has 15 heavy (non-hydrogen) atoms. The van der Waals surface area contributed by atoms with Gasteiger partial charge in [-0.1, -0.05) is 6.07 Å². The summed E-state index contributed by atoms with van der Waals surface area (Å²) in [5.41, 5.74) is 0.930. The summed E-state index contributed by atoms with van der Waals surface area (Å²) >= 11 is 3.12. The molecule has 2 nitrogen and oxygen atoms in total. The Hall–Kier alpha value is -0.450. The van der Waals surface area contributed by atoms with Crippen molar-refractivity contribution in [2.24, 2.45) is 0 Å². The molecule has 1 aromatic carbocycles. The first-order valence-electron chi connectivity index (χ1n) is 4.81. The van der Waals surface area contributed by atoms with Crippen LogP contribution in [0, 0.1) is 5.82 Å². The van der Waals surface area contributed by atoms with Crippen LogP contribution >= 0.6 is 15.9 Å².